The molecule has 0 amide bonds. The van der Waals surface area contributed by atoms with Gasteiger partial charge in [-0.2, -0.15) is 0 Å². The Morgan fingerprint density at radius 3 is 2.33 bits per heavy atom. The van der Waals surface area contributed by atoms with Gasteiger partial charge in [-0.15, -0.1) is 0 Å². The molecule has 0 saturated heterocycles. The molecule has 84 valence electrons. The van der Waals surface area contributed by atoms with E-state index < -0.39 is 0 Å². The predicted molar refractivity (Wildman–Crippen MR) is 63.9 cm³/mol. The number of hydrogen-bond acceptors (Lipinski definition) is 2. The van der Waals surface area contributed by atoms with Crippen LogP contribution in [0.25, 0.3) is 0 Å². The Morgan fingerprint density at radius 2 is 1.73 bits per heavy atom. The molecule has 0 saturated carbocycles. The minimum absolute atomic E-state index is 0.297. The van der Waals surface area contributed by atoms with Crippen molar-refractivity contribution in [3.63, 3.8) is 0 Å². The van der Waals surface area contributed by atoms with Crippen LogP contribution < -0.4 is 5.32 Å². The van der Waals surface area contributed by atoms with E-state index in [9.17, 15) is 0 Å². The average Bonchev–Trinajstić information content (AvgIpc) is 2.16. The number of hydrogen-bond donors (Lipinski definition) is 2. The van der Waals surface area contributed by atoms with Gasteiger partial charge in [-0.25, -0.2) is 0 Å². The molecule has 0 aliphatic carbocycles. The summed E-state index contributed by atoms with van der Waals surface area (Å²) >= 11 is 0. The Hall–Kier alpha value is -0.860. The van der Waals surface area contributed by atoms with Crippen LogP contribution in [0.2, 0.25) is 0 Å². The van der Waals surface area contributed by atoms with Gasteiger partial charge < -0.3 is 10.4 Å². The van der Waals surface area contributed by atoms with Gasteiger partial charge in [-0.3, -0.25) is 0 Å². The monoisotopic (exact) mass is 207 g/mol. The van der Waals surface area contributed by atoms with Crippen molar-refractivity contribution in [3.8, 4) is 0 Å². The van der Waals surface area contributed by atoms with Crippen molar-refractivity contribution in [3.05, 3.63) is 34.9 Å². The molecule has 0 aliphatic heterocycles. The summed E-state index contributed by atoms with van der Waals surface area (Å²) in [7, 11) is 0. The highest BCUT2D eigenvalue weighted by Crippen LogP contribution is 2.08. The van der Waals surface area contributed by atoms with E-state index >= 15 is 0 Å². The Labute approximate surface area is 92.3 Å². The lowest BCUT2D eigenvalue weighted by Crippen LogP contribution is -2.15. The third kappa shape index (κ3) is 4.96. The molecule has 0 heterocycles. The normalized spacial score (nSPS) is 10.6. The summed E-state index contributed by atoms with van der Waals surface area (Å²) in [5, 5.41) is 12.0. The molecule has 0 spiro atoms. The van der Waals surface area contributed by atoms with Crippen molar-refractivity contribution < 1.29 is 5.11 Å². The van der Waals surface area contributed by atoms with E-state index in [-0.39, 0.29) is 0 Å². The van der Waals surface area contributed by atoms with Gasteiger partial charge in [0.25, 0.3) is 0 Å². The number of aliphatic hydroxyl groups excluding tert-OH is 1. The van der Waals surface area contributed by atoms with Gasteiger partial charge in [0.05, 0.1) is 0 Å². The van der Waals surface area contributed by atoms with Gasteiger partial charge in [-0.05, 0) is 38.8 Å². The maximum absolute atomic E-state index is 8.63. The molecule has 0 aromatic heterocycles. The van der Waals surface area contributed by atoms with E-state index in [2.05, 4.69) is 37.4 Å². The number of aryl methyl sites for hydroxylation is 2. The number of benzene rings is 1. The highest BCUT2D eigenvalue weighted by atomic mass is 16.2. The van der Waals surface area contributed by atoms with Gasteiger partial charge in [0.2, 0.25) is 0 Å². The molecule has 0 aliphatic rings. The molecule has 0 radical (unpaired) electrons. The van der Waals surface area contributed by atoms with Crippen LogP contribution >= 0.6 is 0 Å². The second-order valence-corrected chi connectivity index (χ2v) is 4.10. The molecule has 15 heavy (non-hydrogen) atoms. The fourth-order valence-corrected chi connectivity index (χ4v) is 1.77. The fourth-order valence-electron chi connectivity index (χ4n) is 1.77. The van der Waals surface area contributed by atoms with E-state index in [4.69, 9.17) is 5.11 Å². The average molecular weight is 207 g/mol. The zero-order valence-corrected chi connectivity index (χ0v) is 9.71. The number of rotatable bonds is 6. The minimum atomic E-state index is 0.297. The molecule has 2 heteroatoms. The van der Waals surface area contributed by atoms with Crippen molar-refractivity contribution in [2.45, 2.75) is 33.2 Å². The van der Waals surface area contributed by atoms with Crippen molar-refractivity contribution in [1.82, 2.24) is 5.32 Å². The van der Waals surface area contributed by atoms with Crippen LogP contribution in [0.5, 0.6) is 0 Å². The molecule has 2 N–H and O–H groups in total. The smallest absolute Gasteiger partial charge is 0.0431 e. The van der Waals surface area contributed by atoms with Gasteiger partial charge in [0.1, 0.15) is 0 Å². The van der Waals surface area contributed by atoms with Crippen LogP contribution in [0.15, 0.2) is 18.2 Å². The Kier molecular flexibility index (Phi) is 5.37. The fraction of sp³-hybridized carbons (Fsp3) is 0.538. The first-order valence-electron chi connectivity index (χ1n) is 5.61. The first-order chi connectivity index (χ1) is 7.22. The lowest BCUT2D eigenvalue weighted by Gasteiger charge is -2.06. The molecule has 1 aromatic rings. The van der Waals surface area contributed by atoms with Crippen molar-refractivity contribution >= 4 is 0 Å². The topological polar surface area (TPSA) is 32.3 Å². The Balaban J connectivity index is 2.31. The first kappa shape index (κ1) is 12.2. The summed E-state index contributed by atoms with van der Waals surface area (Å²) in [4.78, 5) is 0. The molecule has 0 bridgehead atoms. The van der Waals surface area contributed by atoms with E-state index in [1.165, 1.54) is 16.7 Å². The maximum atomic E-state index is 8.63. The largest absolute Gasteiger partial charge is 0.396 e. The summed E-state index contributed by atoms with van der Waals surface area (Å²) in [6.07, 6.45) is 1.93. The highest BCUT2D eigenvalue weighted by molar-refractivity contribution is 5.28. The minimum Gasteiger partial charge on any atom is -0.396 e. The quantitative estimate of drug-likeness (QED) is 0.701. The van der Waals surface area contributed by atoms with Crippen molar-refractivity contribution in [1.29, 1.82) is 0 Å². The standard InChI is InChI=1S/C13H21NO/c1-11-7-12(2)9-13(8-11)10-14-5-3-4-6-15/h7-9,14-15H,3-6,10H2,1-2H3. The zero-order chi connectivity index (χ0) is 11.1. The van der Waals surface area contributed by atoms with Gasteiger partial charge in [-0.1, -0.05) is 29.3 Å². The molecule has 1 aromatic carbocycles. The van der Waals surface area contributed by atoms with Crippen LogP contribution in [0.1, 0.15) is 29.5 Å². The predicted octanol–water partition coefficient (Wildman–Crippen LogP) is 2.17. The molecule has 0 fully saturated rings. The second kappa shape index (κ2) is 6.59. The first-order valence-corrected chi connectivity index (χ1v) is 5.61. The van der Waals surface area contributed by atoms with E-state index in [1.54, 1.807) is 0 Å². The van der Waals surface area contributed by atoms with Crippen LogP contribution in [0.3, 0.4) is 0 Å². The molecule has 1 rings (SSSR count). The van der Waals surface area contributed by atoms with E-state index in [0.29, 0.717) is 6.61 Å². The van der Waals surface area contributed by atoms with Crippen LogP contribution in [-0.4, -0.2) is 18.3 Å². The van der Waals surface area contributed by atoms with E-state index in [1.807, 2.05) is 0 Å². The van der Waals surface area contributed by atoms with E-state index in [0.717, 1.165) is 25.9 Å². The Bertz CT molecular complexity index is 276. The second-order valence-electron chi connectivity index (χ2n) is 4.10. The molecular formula is C13H21NO. The van der Waals surface area contributed by atoms with Crippen molar-refractivity contribution in [2.75, 3.05) is 13.2 Å². The maximum Gasteiger partial charge on any atom is 0.0431 e. The summed E-state index contributed by atoms with van der Waals surface area (Å²) in [6.45, 7) is 6.46. The summed E-state index contributed by atoms with van der Waals surface area (Å²) in [5.74, 6) is 0. The summed E-state index contributed by atoms with van der Waals surface area (Å²) < 4.78 is 0. The lowest BCUT2D eigenvalue weighted by atomic mass is 10.1. The Morgan fingerprint density at radius 1 is 1.07 bits per heavy atom. The molecular weight excluding hydrogens is 186 g/mol. The number of unbranched alkanes of at least 4 members (excludes halogenated alkanes) is 1. The molecule has 2 nitrogen and oxygen atoms in total. The molecule has 0 atom stereocenters. The number of nitrogens with one attached hydrogen (secondary N) is 1. The number of aliphatic hydroxyl groups is 1. The van der Waals surface area contributed by atoms with Gasteiger partial charge >= 0.3 is 0 Å². The van der Waals surface area contributed by atoms with Gasteiger partial charge in [0, 0.05) is 13.2 Å². The van der Waals surface area contributed by atoms with Gasteiger partial charge in [0.15, 0.2) is 0 Å². The van der Waals surface area contributed by atoms with Crippen LogP contribution in [0, 0.1) is 13.8 Å². The summed E-state index contributed by atoms with van der Waals surface area (Å²) in [5.41, 5.74) is 3.99. The third-order valence-corrected chi connectivity index (χ3v) is 2.37. The van der Waals surface area contributed by atoms with Crippen molar-refractivity contribution in [2.24, 2.45) is 0 Å². The SMILES string of the molecule is Cc1cc(C)cc(CNCCCCO)c1. The lowest BCUT2D eigenvalue weighted by molar-refractivity contribution is 0.283. The van der Waals surface area contributed by atoms with Crippen LogP contribution in [-0.2, 0) is 6.54 Å². The third-order valence-electron chi connectivity index (χ3n) is 2.37. The zero-order valence-electron chi connectivity index (χ0n) is 9.71. The van der Waals surface area contributed by atoms with Crippen LogP contribution in [0.4, 0.5) is 0 Å². The summed E-state index contributed by atoms with van der Waals surface area (Å²) in [6, 6.07) is 6.62. The highest BCUT2D eigenvalue weighted by Gasteiger charge is 1.95. The molecule has 0 unspecified atom stereocenters.